The van der Waals surface area contributed by atoms with Crippen LogP contribution in [-0.2, 0) is 4.79 Å². The SMILES string of the molecule is CC(=O)c1ccc(Br)cc1-n1nncc1-c1ccc(OC(F)(F)F)cc1.CCC(F)(F)C(=O)CC(=O)c1ccc(Br)cc1-n1nncc1-c1ccc(OC(F)(F)F)cc1. The maximum Gasteiger partial charge on any atom is 0.573 e. The molecule has 59 heavy (non-hydrogen) atoms. The number of alkyl halides is 8. The van der Waals surface area contributed by atoms with Gasteiger partial charge in [-0.3, -0.25) is 14.4 Å². The third-order valence-corrected chi connectivity index (χ3v) is 9.08. The van der Waals surface area contributed by atoms with Gasteiger partial charge in [0, 0.05) is 37.6 Å². The minimum Gasteiger partial charge on any atom is -0.406 e. The molecular formula is C38H26Br2F8N6O5. The Bertz CT molecular complexity index is 2470. The first-order valence-corrected chi connectivity index (χ1v) is 18.3. The summed E-state index contributed by atoms with van der Waals surface area (Å²) in [6.07, 6.45) is -8.56. The van der Waals surface area contributed by atoms with E-state index in [2.05, 4.69) is 62.0 Å². The van der Waals surface area contributed by atoms with Gasteiger partial charge in [-0.2, -0.15) is 8.78 Å². The molecule has 21 heteroatoms. The predicted molar refractivity (Wildman–Crippen MR) is 202 cm³/mol. The van der Waals surface area contributed by atoms with Gasteiger partial charge in [0.05, 0.1) is 41.6 Å². The summed E-state index contributed by atoms with van der Waals surface area (Å²) in [6, 6.07) is 19.6. The lowest BCUT2D eigenvalue weighted by Gasteiger charge is -2.14. The zero-order chi connectivity index (χ0) is 43.3. The molecule has 6 aromatic rings. The molecule has 0 amide bonds. The van der Waals surface area contributed by atoms with E-state index in [1.807, 2.05) is 0 Å². The van der Waals surface area contributed by atoms with Crippen LogP contribution in [0.15, 0.2) is 106 Å². The minimum absolute atomic E-state index is 0.0535. The average molecular weight is 958 g/mol. The normalized spacial score (nSPS) is 11.7. The first-order chi connectivity index (χ1) is 27.7. The highest BCUT2D eigenvalue weighted by Gasteiger charge is 2.38. The van der Waals surface area contributed by atoms with Crippen LogP contribution >= 0.6 is 31.9 Å². The first kappa shape index (κ1) is 44.3. The summed E-state index contributed by atoms with van der Waals surface area (Å²) in [5, 5.41) is 15.6. The number of ether oxygens (including phenoxy) is 2. The number of aromatic nitrogens is 6. The van der Waals surface area contributed by atoms with Crippen LogP contribution < -0.4 is 9.47 Å². The van der Waals surface area contributed by atoms with Crippen LogP contribution in [0.5, 0.6) is 11.5 Å². The highest BCUT2D eigenvalue weighted by molar-refractivity contribution is 9.10. The minimum atomic E-state index is -4.84. The number of carbonyl (C=O) groups excluding carboxylic acids is 3. The number of benzene rings is 4. The molecule has 308 valence electrons. The third kappa shape index (κ3) is 11.4. The number of Topliss-reactive ketones (excluding diaryl/α,β-unsaturated/α-hetero) is 3. The number of rotatable bonds is 12. The van der Waals surface area contributed by atoms with E-state index in [1.165, 1.54) is 83.3 Å². The number of ketones is 3. The van der Waals surface area contributed by atoms with Crippen molar-refractivity contribution in [2.75, 3.05) is 0 Å². The van der Waals surface area contributed by atoms with E-state index >= 15 is 0 Å². The molecule has 4 aromatic carbocycles. The van der Waals surface area contributed by atoms with Crippen molar-refractivity contribution in [3.05, 3.63) is 117 Å². The second-order valence-corrected chi connectivity index (χ2v) is 14.0. The Kier molecular flexibility index (Phi) is 13.5. The van der Waals surface area contributed by atoms with E-state index in [0.29, 0.717) is 38.2 Å². The van der Waals surface area contributed by atoms with Gasteiger partial charge in [-0.15, -0.1) is 36.5 Å². The summed E-state index contributed by atoms with van der Waals surface area (Å²) in [6.45, 7) is 2.58. The molecule has 0 atom stereocenters. The lowest BCUT2D eigenvalue weighted by Crippen LogP contribution is -2.29. The van der Waals surface area contributed by atoms with Crippen molar-refractivity contribution in [2.45, 2.75) is 45.3 Å². The van der Waals surface area contributed by atoms with Crippen molar-refractivity contribution < 1.29 is 59.0 Å². The fraction of sp³-hybridized carbons (Fsp3) is 0.184. The van der Waals surface area contributed by atoms with Crippen LogP contribution in [0, 0.1) is 0 Å². The summed E-state index contributed by atoms with van der Waals surface area (Å²) in [7, 11) is 0. The molecule has 11 nitrogen and oxygen atoms in total. The second kappa shape index (κ2) is 18.0. The fourth-order valence-electron chi connectivity index (χ4n) is 5.34. The summed E-state index contributed by atoms with van der Waals surface area (Å²) in [5.41, 5.74) is 2.81. The van der Waals surface area contributed by atoms with E-state index in [0.717, 1.165) is 23.5 Å². The Labute approximate surface area is 345 Å². The van der Waals surface area contributed by atoms with Crippen LogP contribution in [0.3, 0.4) is 0 Å². The van der Waals surface area contributed by atoms with Gasteiger partial charge in [-0.05, 0) is 91.9 Å². The highest BCUT2D eigenvalue weighted by Crippen LogP contribution is 2.32. The van der Waals surface area contributed by atoms with Crippen LogP contribution in [0.25, 0.3) is 33.9 Å². The molecule has 0 aliphatic heterocycles. The molecule has 0 bridgehead atoms. The number of hydrogen-bond donors (Lipinski definition) is 0. The van der Waals surface area contributed by atoms with Crippen molar-refractivity contribution in [3.8, 4) is 45.4 Å². The average Bonchev–Trinajstić information content (AvgIpc) is 3.85. The maximum atomic E-state index is 13.7. The monoisotopic (exact) mass is 956 g/mol. The Morgan fingerprint density at radius 1 is 0.627 bits per heavy atom. The first-order valence-electron chi connectivity index (χ1n) is 16.7. The fourth-order valence-corrected chi connectivity index (χ4v) is 6.03. The van der Waals surface area contributed by atoms with E-state index in [9.17, 15) is 49.5 Å². The lowest BCUT2D eigenvalue weighted by molar-refractivity contribution is -0.275. The van der Waals surface area contributed by atoms with Crippen molar-refractivity contribution >= 4 is 49.2 Å². The quantitative estimate of drug-likeness (QED) is 0.0668. The van der Waals surface area contributed by atoms with Crippen LogP contribution in [0.1, 0.15) is 47.4 Å². The summed E-state index contributed by atoms with van der Waals surface area (Å²) < 4.78 is 113. The van der Waals surface area contributed by atoms with Gasteiger partial charge in [0.2, 0.25) is 5.78 Å². The van der Waals surface area contributed by atoms with Crippen molar-refractivity contribution in [3.63, 3.8) is 0 Å². The zero-order valence-corrected chi connectivity index (χ0v) is 33.3. The molecule has 0 fully saturated rings. The van der Waals surface area contributed by atoms with E-state index in [1.54, 1.807) is 18.2 Å². The molecule has 0 aliphatic carbocycles. The number of hydrogen-bond acceptors (Lipinski definition) is 9. The molecule has 0 aliphatic rings. The van der Waals surface area contributed by atoms with Gasteiger partial charge in [-0.1, -0.05) is 49.2 Å². The van der Waals surface area contributed by atoms with Crippen molar-refractivity contribution in [2.24, 2.45) is 0 Å². The Hall–Kier alpha value is -5.83. The van der Waals surface area contributed by atoms with E-state index < -0.39 is 48.8 Å². The van der Waals surface area contributed by atoms with Gasteiger partial charge < -0.3 is 9.47 Å². The summed E-state index contributed by atoms with van der Waals surface area (Å²) in [5.74, 6) is -6.87. The summed E-state index contributed by atoms with van der Waals surface area (Å²) >= 11 is 6.61. The van der Waals surface area contributed by atoms with Crippen LogP contribution in [-0.4, -0.2) is 66.0 Å². The largest absolute Gasteiger partial charge is 0.573 e. The van der Waals surface area contributed by atoms with E-state index in [4.69, 9.17) is 0 Å². The zero-order valence-electron chi connectivity index (χ0n) is 30.2. The summed E-state index contributed by atoms with van der Waals surface area (Å²) in [4.78, 5) is 36.5. The van der Waals surface area contributed by atoms with Gasteiger partial charge in [0.25, 0.3) is 0 Å². The van der Waals surface area contributed by atoms with Gasteiger partial charge in [-0.25, -0.2) is 9.36 Å². The second-order valence-electron chi connectivity index (χ2n) is 12.2. The van der Waals surface area contributed by atoms with Gasteiger partial charge >= 0.3 is 18.6 Å². The number of carbonyl (C=O) groups is 3. The van der Waals surface area contributed by atoms with E-state index in [-0.39, 0.29) is 22.8 Å². The molecular weight excluding hydrogens is 932 g/mol. The number of halogens is 10. The topological polar surface area (TPSA) is 131 Å². The molecule has 0 unspecified atom stereocenters. The highest BCUT2D eigenvalue weighted by atomic mass is 79.9. The molecule has 0 N–H and O–H groups in total. The molecule has 0 spiro atoms. The molecule has 2 aromatic heterocycles. The Morgan fingerprint density at radius 2 is 1.03 bits per heavy atom. The molecule has 0 radical (unpaired) electrons. The predicted octanol–water partition coefficient (Wildman–Crippen LogP) is 10.6. The molecule has 2 heterocycles. The van der Waals surface area contributed by atoms with Crippen LogP contribution in [0.2, 0.25) is 0 Å². The smallest absolute Gasteiger partial charge is 0.406 e. The molecule has 0 saturated carbocycles. The standard InChI is InChI=1S/C21H15BrF5N3O3.C17H11BrF3N3O2/c1-2-20(23,24)19(32)10-18(31)15-8-5-13(22)9-16(15)30-17(11-28-29-30)12-3-6-14(7-4-12)33-21(25,26)27;1-10(25)14-7-4-12(18)8-15(14)24-16(9-22-23-24)11-2-5-13(6-3-11)26-17(19,20)21/h3-9,11H,2,10H2,1H3;2-9H,1H3. The van der Waals surface area contributed by atoms with Crippen molar-refractivity contribution in [1.82, 2.24) is 30.0 Å². The third-order valence-electron chi connectivity index (χ3n) is 8.09. The van der Waals surface area contributed by atoms with Crippen LogP contribution in [0.4, 0.5) is 35.1 Å². The van der Waals surface area contributed by atoms with Gasteiger partial charge in [0.1, 0.15) is 11.5 Å². The maximum absolute atomic E-state index is 13.7. The molecule has 6 rings (SSSR count). The van der Waals surface area contributed by atoms with Gasteiger partial charge in [0.15, 0.2) is 11.6 Å². The Morgan fingerprint density at radius 3 is 1.42 bits per heavy atom. The van der Waals surface area contributed by atoms with Crippen molar-refractivity contribution in [1.29, 1.82) is 0 Å². The molecule has 0 saturated heterocycles. The Balaban J connectivity index is 0.000000230. The lowest BCUT2D eigenvalue weighted by atomic mass is 10.00. The number of nitrogens with zero attached hydrogens (tertiary/aromatic N) is 6.